The summed E-state index contributed by atoms with van der Waals surface area (Å²) in [6, 6.07) is 12.4. The van der Waals surface area contributed by atoms with Gasteiger partial charge in [0.2, 0.25) is 0 Å². The summed E-state index contributed by atoms with van der Waals surface area (Å²) in [6.45, 7) is 3.57. The van der Waals surface area contributed by atoms with Crippen molar-refractivity contribution >= 4 is 33.7 Å². The van der Waals surface area contributed by atoms with E-state index in [2.05, 4.69) is 16.9 Å². The first-order chi connectivity index (χ1) is 18.0. The van der Waals surface area contributed by atoms with E-state index in [9.17, 15) is 9.18 Å². The molecule has 0 atom stereocenters. The molecule has 0 amide bonds. The second-order valence-corrected chi connectivity index (χ2v) is 10.6. The molecule has 6 nitrogen and oxygen atoms in total. The average molecular weight is 517 g/mol. The standard InChI is InChI=1S/C29H29FN4O2S/c1-2-11-34(18-31)17-21-5-7-24(33-16-21)28-15-25-29(37-28)27(9-10-32-25)36-26-8-6-20(14-23(26)30)13-22(35)12-19-3-4-19/h5-10,14-16,18-19,31H,2-4,11-13,17H2,1H3. The minimum atomic E-state index is -0.488. The van der Waals surface area contributed by atoms with Crippen molar-refractivity contribution < 1.29 is 13.9 Å². The second kappa shape index (κ2) is 11.2. The van der Waals surface area contributed by atoms with Crippen LogP contribution in [0.25, 0.3) is 20.8 Å². The van der Waals surface area contributed by atoms with Gasteiger partial charge in [-0.15, -0.1) is 11.3 Å². The number of thiophene rings is 1. The van der Waals surface area contributed by atoms with Crippen LogP contribution in [-0.2, 0) is 17.8 Å². The highest BCUT2D eigenvalue weighted by Crippen LogP contribution is 2.39. The predicted octanol–water partition coefficient (Wildman–Crippen LogP) is 7.02. The normalized spacial score (nSPS) is 13.0. The predicted molar refractivity (Wildman–Crippen MR) is 145 cm³/mol. The molecular weight excluding hydrogens is 487 g/mol. The van der Waals surface area contributed by atoms with Gasteiger partial charge in [0.1, 0.15) is 11.5 Å². The molecule has 0 radical (unpaired) electrons. The Morgan fingerprint density at radius 1 is 1.16 bits per heavy atom. The highest BCUT2D eigenvalue weighted by molar-refractivity contribution is 7.22. The smallest absolute Gasteiger partial charge is 0.166 e. The molecule has 8 heteroatoms. The maximum absolute atomic E-state index is 14.9. The van der Waals surface area contributed by atoms with Gasteiger partial charge in [-0.05, 0) is 60.6 Å². The van der Waals surface area contributed by atoms with Crippen LogP contribution in [0.15, 0.2) is 54.9 Å². The van der Waals surface area contributed by atoms with E-state index < -0.39 is 5.82 Å². The Balaban J connectivity index is 1.31. The first-order valence-corrected chi connectivity index (χ1v) is 13.4. The Hall–Kier alpha value is -3.65. The number of rotatable bonds is 12. The van der Waals surface area contributed by atoms with Gasteiger partial charge < -0.3 is 9.64 Å². The molecule has 1 aliphatic rings. The van der Waals surface area contributed by atoms with Crippen molar-refractivity contribution in [1.82, 2.24) is 14.9 Å². The van der Waals surface area contributed by atoms with Crippen LogP contribution >= 0.6 is 11.3 Å². The number of carbonyl (C=O) groups excluding carboxylic acids is 1. The van der Waals surface area contributed by atoms with Gasteiger partial charge in [-0.2, -0.15) is 0 Å². The molecule has 0 bridgehead atoms. The van der Waals surface area contributed by atoms with Gasteiger partial charge in [0.05, 0.1) is 27.1 Å². The number of hydrogen-bond acceptors (Lipinski definition) is 6. The molecule has 3 heterocycles. The molecule has 37 heavy (non-hydrogen) atoms. The van der Waals surface area contributed by atoms with Crippen LogP contribution in [-0.4, -0.2) is 33.5 Å². The monoisotopic (exact) mass is 516 g/mol. The van der Waals surface area contributed by atoms with Gasteiger partial charge in [0.25, 0.3) is 0 Å². The second-order valence-electron chi connectivity index (χ2n) is 9.52. The third kappa shape index (κ3) is 6.20. The SMILES string of the molecule is CCCN(C=N)Cc1ccc(-c2cc3nccc(Oc4ccc(CC(=O)CC5CC5)cc4F)c3s2)nc1. The number of Topliss-reactive ketones (excluding diaryl/α,β-unsaturated/α-hetero) is 1. The molecular formula is C29H29FN4O2S. The summed E-state index contributed by atoms with van der Waals surface area (Å²) in [5, 5.41) is 7.55. The number of halogens is 1. The van der Waals surface area contributed by atoms with E-state index in [0.717, 1.165) is 52.2 Å². The molecule has 190 valence electrons. The number of aromatic nitrogens is 2. The van der Waals surface area contributed by atoms with E-state index in [1.807, 2.05) is 29.3 Å². The summed E-state index contributed by atoms with van der Waals surface area (Å²) in [4.78, 5) is 24.1. The van der Waals surface area contributed by atoms with Crippen molar-refractivity contribution in [2.75, 3.05) is 6.54 Å². The largest absolute Gasteiger partial charge is 0.453 e. The number of ether oxygens (including phenoxy) is 1. The Morgan fingerprint density at radius 3 is 2.70 bits per heavy atom. The van der Waals surface area contributed by atoms with Crippen molar-refractivity contribution in [3.8, 4) is 22.1 Å². The summed E-state index contributed by atoms with van der Waals surface area (Å²) in [7, 11) is 0. The van der Waals surface area contributed by atoms with E-state index in [1.54, 1.807) is 24.4 Å². The molecule has 1 fully saturated rings. The number of fused-ring (bicyclic) bond motifs is 1. The third-order valence-electron chi connectivity index (χ3n) is 6.36. The van der Waals surface area contributed by atoms with Gasteiger partial charge in [-0.1, -0.05) is 19.1 Å². The van der Waals surface area contributed by atoms with Gasteiger partial charge in [-0.3, -0.25) is 20.2 Å². The zero-order valence-electron chi connectivity index (χ0n) is 20.7. The molecule has 5 rings (SSSR count). The number of nitrogens with one attached hydrogen (secondary N) is 1. The van der Waals surface area contributed by atoms with Crippen LogP contribution in [0.5, 0.6) is 11.5 Å². The number of hydrogen-bond donors (Lipinski definition) is 1. The summed E-state index contributed by atoms with van der Waals surface area (Å²) in [5.74, 6) is 0.841. The molecule has 0 unspecified atom stereocenters. The Kier molecular flexibility index (Phi) is 7.55. The summed E-state index contributed by atoms with van der Waals surface area (Å²) in [5.41, 5.74) is 3.28. The first kappa shape index (κ1) is 25.0. The van der Waals surface area contributed by atoms with Gasteiger partial charge >= 0.3 is 0 Å². The van der Waals surface area contributed by atoms with Crippen molar-refractivity contribution in [3.05, 3.63) is 71.8 Å². The van der Waals surface area contributed by atoms with Crippen molar-refractivity contribution in [2.45, 2.75) is 45.6 Å². The lowest BCUT2D eigenvalue weighted by atomic mass is 10.0. The van der Waals surface area contributed by atoms with Crippen LogP contribution in [0.4, 0.5) is 4.39 Å². The van der Waals surface area contributed by atoms with E-state index in [1.165, 1.54) is 23.7 Å². The highest BCUT2D eigenvalue weighted by atomic mass is 32.1. The minimum Gasteiger partial charge on any atom is -0.453 e. The fourth-order valence-corrected chi connectivity index (χ4v) is 5.34. The lowest BCUT2D eigenvalue weighted by Crippen LogP contribution is -2.21. The average Bonchev–Trinajstić information content (AvgIpc) is 3.59. The summed E-state index contributed by atoms with van der Waals surface area (Å²) in [6.07, 6.45) is 8.93. The van der Waals surface area contributed by atoms with Crippen molar-refractivity contribution in [1.29, 1.82) is 5.41 Å². The maximum Gasteiger partial charge on any atom is 0.166 e. The number of pyridine rings is 2. The van der Waals surface area contributed by atoms with Crippen LogP contribution in [0, 0.1) is 17.1 Å². The van der Waals surface area contributed by atoms with Crippen LogP contribution < -0.4 is 4.74 Å². The maximum atomic E-state index is 14.9. The van der Waals surface area contributed by atoms with Gasteiger partial charge in [0.15, 0.2) is 11.6 Å². The molecule has 1 aliphatic carbocycles. The molecule has 1 N–H and O–H groups in total. The zero-order chi connectivity index (χ0) is 25.8. The van der Waals surface area contributed by atoms with Crippen LogP contribution in [0.3, 0.4) is 0 Å². The van der Waals surface area contributed by atoms with E-state index in [-0.39, 0.29) is 18.0 Å². The van der Waals surface area contributed by atoms with Crippen LogP contribution in [0.1, 0.15) is 43.7 Å². The van der Waals surface area contributed by atoms with E-state index >= 15 is 0 Å². The molecule has 3 aromatic heterocycles. The van der Waals surface area contributed by atoms with Crippen molar-refractivity contribution in [2.24, 2.45) is 5.92 Å². The summed E-state index contributed by atoms with van der Waals surface area (Å²) < 4.78 is 21.6. The zero-order valence-corrected chi connectivity index (χ0v) is 21.6. The first-order valence-electron chi connectivity index (χ1n) is 12.6. The molecule has 4 aromatic rings. The minimum absolute atomic E-state index is 0.117. The Labute approximate surface area is 219 Å². The highest BCUT2D eigenvalue weighted by Gasteiger charge is 2.24. The number of carbonyl (C=O) groups is 1. The third-order valence-corrected chi connectivity index (χ3v) is 7.52. The number of ketones is 1. The number of benzene rings is 1. The van der Waals surface area contributed by atoms with Crippen LogP contribution in [0.2, 0.25) is 0 Å². The van der Waals surface area contributed by atoms with E-state index in [4.69, 9.17) is 10.1 Å². The Morgan fingerprint density at radius 2 is 2.00 bits per heavy atom. The fraction of sp³-hybridized carbons (Fsp3) is 0.310. The molecule has 0 spiro atoms. The lowest BCUT2D eigenvalue weighted by Gasteiger charge is -2.17. The fourth-order valence-electron chi connectivity index (χ4n) is 4.30. The van der Waals surface area contributed by atoms with Gasteiger partial charge in [0, 0.05) is 44.4 Å². The van der Waals surface area contributed by atoms with E-state index in [0.29, 0.717) is 30.2 Å². The molecule has 1 saturated carbocycles. The van der Waals surface area contributed by atoms with Gasteiger partial charge in [-0.25, -0.2) is 4.39 Å². The molecule has 0 aliphatic heterocycles. The number of nitrogens with zero attached hydrogens (tertiary/aromatic N) is 3. The topological polar surface area (TPSA) is 79.2 Å². The lowest BCUT2D eigenvalue weighted by molar-refractivity contribution is -0.118. The summed E-state index contributed by atoms with van der Waals surface area (Å²) >= 11 is 1.49. The molecule has 1 aromatic carbocycles. The van der Waals surface area contributed by atoms with Crippen molar-refractivity contribution in [3.63, 3.8) is 0 Å². The quantitative estimate of drug-likeness (QED) is 0.162. The molecule has 0 saturated heterocycles. The Bertz CT molecular complexity index is 1420.